The van der Waals surface area contributed by atoms with Gasteiger partial charge in [-0.2, -0.15) is 0 Å². The number of carbonyl (C=O) groups is 7. The number of ether oxygens (including phenoxy) is 2. The van der Waals surface area contributed by atoms with Crippen LogP contribution < -0.4 is 37.1 Å². The molecule has 346 valence electrons. The van der Waals surface area contributed by atoms with Crippen LogP contribution in [-0.2, 0) is 54.7 Å². The molecule has 6 bridgehead atoms. The second-order valence-corrected chi connectivity index (χ2v) is 20.7. The number of methoxy groups -OCH3 is 1. The number of nitrogens with two attached hydrogens (primary N) is 1. The molecule has 0 aliphatic carbocycles. The minimum Gasteiger partial charge on any atom is -0.480 e. The van der Waals surface area contributed by atoms with Gasteiger partial charge in [0.1, 0.15) is 36.1 Å². The molecule has 0 fully saturated rings. The lowest BCUT2D eigenvalue weighted by Gasteiger charge is -2.36. The Hall–Kier alpha value is -5.45. The molecule has 11 N–H and O–H groups in total. The molecule has 21 heteroatoms. The van der Waals surface area contributed by atoms with Crippen molar-refractivity contribution in [3.63, 3.8) is 0 Å². The second-order valence-electron chi connectivity index (χ2n) is 16.0. The lowest BCUT2D eigenvalue weighted by atomic mass is 9.83. The van der Waals surface area contributed by atoms with E-state index in [2.05, 4.69) is 21.3 Å². The Morgan fingerprint density at radius 2 is 1.65 bits per heavy atom. The highest BCUT2D eigenvalue weighted by Gasteiger charge is 2.56. The first kappa shape index (κ1) is 50.2. The normalized spacial score (nSPS) is 23.2. The molecule has 2 aliphatic rings. The molecule has 2 aromatic carbocycles. The summed E-state index contributed by atoms with van der Waals surface area (Å²) in [4.78, 5) is 95.3. The van der Waals surface area contributed by atoms with Crippen molar-refractivity contribution in [3.05, 3.63) is 47.5 Å². The lowest BCUT2D eigenvalue weighted by Crippen LogP contribution is -2.66. The van der Waals surface area contributed by atoms with Gasteiger partial charge in [0.05, 0.1) is 18.2 Å². The molecule has 2 aliphatic heterocycles. The fourth-order valence-electron chi connectivity index (χ4n) is 7.72. The Labute approximate surface area is 366 Å². The summed E-state index contributed by atoms with van der Waals surface area (Å²) >= 11 is 0. The quantitative estimate of drug-likeness (QED) is 0.0702. The molecule has 0 spiro atoms. The SMILES string of the molecule is CC[C@H](C)[C@H](O[Si](CC)(CC)CC)C(=O)N[C@H]1Cc2ccc(OCOC)c(c2)-c2cccc3c2NC(=O)[C@@]3(O)[C@H](O)[C@@H](C(=O)N[C@H](C(=O)O)[C@H](C)O)NC(=O)[C@H](CC(N)=O)NC1=O. The van der Waals surface area contributed by atoms with Crippen molar-refractivity contribution in [3.8, 4) is 16.9 Å². The van der Waals surface area contributed by atoms with Gasteiger partial charge in [-0.25, -0.2) is 4.79 Å². The highest BCUT2D eigenvalue weighted by Crippen LogP contribution is 2.46. The molecule has 2 heterocycles. The molecule has 0 aromatic heterocycles. The monoisotopic (exact) mass is 900 g/mol. The first-order valence-electron chi connectivity index (χ1n) is 20.9. The van der Waals surface area contributed by atoms with E-state index in [1.165, 1.54) is 19.2 Å². The van der Waals surface area contributed by atoms with Gasteiger partial charge in [0, 0.05) is 30.2 Å². The summed E-state index contributed by atoms with van der Waals surface area (Å²) in [5.74, 6) is -8.56. The number of para-hydroxylation sites is 1. The minimum absolute atomic E-state index is 0.0494. The third kappa shape index (κ3) is 11.0. The number of hydrogen-bond donors (Lipinski definition) is 10. The first-order valence-corrected chi connectivity index (χ1v) is 23.4. The second kappa shape index (κ2) is 21.3. The van der Waals surface area contributed by atoms with Crippen LogP contribution in [0.4, 0.5) is 5.69 Å². The number of rotatable bonds is 18. The number of benzene rings is 2. The van der Waals surface area contributed by atoms with Crippen LogP contribution in [0.1, 0.15) is 65.5 Å². The number of carboxylic acid groups (broad SMARTS) is 1. The molecular formula is C42H60N6O14Si. The lowest BCUT2D eigenvalue weighted by molar-refractivity contribution is -0.157. The van der Waals surface area contributed by atoms with E-state index in [0.29, 0.717) is 17.5 Å². The Morgan fingerprint density at radius 3 is 2.22 bits per heavy atom. The van der Waals surface area contributed by atoms with Crippen molar-refractivity contribution in [1.82, 2.24) is 21.3 Å². The Morgan fingerprint density at radius 1 is 0.984 bits per heavy atom. The molecule has 0 unspecified atom stereocenters. The number of primary amides is 1. The van der Waals surface area contributed by atoms with Crippen LogP contribution in [0.25, 0.3) is 11.1 Å². The van der Waals surface area contributed by atoms with E-state index in [1.54, 1.807) is 24.3 Å². The number of aliphatic hydroxyl groups excluding tert-OH is 2. The number of anilines is 1. The maximum absolute atomic E-state index is 14.5. The number of aliphatic carboxylic acids is 1. The van der Waals surface area contributed by atoms with Crippen LogP contribution in [0.3, 0.4) is 0 Å². The fourth-order valence-corrected chi connectivity index (χ4v) is 10.6. The van der Waals surface area contributed by atoms with Gasteiger partial charge in [-0.15, -0.1) is 0 Å². The van der Waals surface area contributed by atoms with Crippen LogP contribution in [0.2, 0.25) is 18.1 Å². The van der Waals surface area contributed by atoms with Gasteiger partial charge in [-0.05, 0) is 48.7 Å². The van der Waals surface area contributed by atoms with Crippen LogP contribution >= 0.6 is 0 Å². The van der Waals surface area contributed by atoms with Crippen molar-refractivity contribution < 1.29 is 67.9 Å². The smallest absolute Gasteiger partial charge is 0.328 e. The summed E-state index contributed by atoms with van der Waals surface area (Å²) in [7, 11) is -1.01. The van der Waals surface area contributed by atoms with Crippen LogP contribution in [0.5, 0.6) is 5.75 Å². The maximum atomic E-state index is 14.5. The standard InChI is InChI=1S/C42H60N6O14Si/c1-8-21(5)34(62-63(9-2,10-3)11-4)39(55)45-27-18-23-15-16-29(61-20-60-7)25(17-23)24-13-12-14-26-32(24)48-41(58)42(26,59)35(51)33(38(54)46-31(22(6)49)40(56)57)47-37(53)28(19-30(43)50)44-36(27)52/h12-17,21-22,27-28,31,33-35,49,51,59H,8-11,18-20H2,1-7H3,(H2,43,50)(H,44,52)(H,45,55)(H,46,54)(H,47,53)(H,48,58)(H,56,57)/t21-,22-,27-,28-,31-,33-,34-,35+,42-/m0/s1. The predicted octanol–water partition coefficient (Wildman–Crippen LogP) is 0.110. The van der Waals surface area contributed by atoms with Gasteiger partial charge < -0.3 is 66.6 Å². The fraction of sp³-hybridized carbons (Fsp3) is 0.548. The third-order valence-electron chi connectivity index (χ3n) is 11.9. The summed E-state index contributed by atoms with van der Waals surface area (Å²) in [5.41, 5.74) is 3.13. The third-order valence-corrected chi connectivity index (χ3v) is 16.6. The molecule has 4 rings (SSSR count). The van der Waals surface area contributed by atoms with Gasteiger partial charge in [-0.3, -0.25) is 28.8 Å². The van der Waals surface area contributed by atoms with Crippen LogP contribution in [-0.4, -0.2) is 127 Å². The van der Waals surface area contributed by atoms with E-state index in [4.69, 9.17) is 19.6 Å². The first-order chi connectivity index (χ1) is 29.7. The van der Waals surface area contributed by atoms with E-state index in [-0.39, 0.29) is 41.7 Å². The van der Waals surface area contributed by atoms with E-state index >= 15 is 0 Å². The maximum Gasteiger partial charge on any atom is 0.328 e. The number of amides is 6. The number of hydrogen-bond acceptors (Lipinski definition) is 13. The molecule has 20 nitrogen and oxygen atoms in total. The largest absolute Gasteiger partial charge is 0.480 e. The van der Waals surface area contributed by atoms with E-state index in [9.17, 15) is 54.0 Å². The summed E-state index contributed by atoms with van der Waals surface area (Å²) in [6.45, 7) is 10.6. The number of carbonyl (C=O) groups excluding carboxylic acids is 6. The average molecular weight is 901 g/mol. The number of carboxylic acids is 1. The zero-order valence-electron chi connectivity index (χ0n) is 36.5. The molecule has 6 amide bonds. The topological polar surface area (TPSA) is 314 Å². The molecule has 63 heavy (non-hydrogen) atoms. The summed E-state index contributed by atoms with van der Waals surface area (Å²) in [5, 5.41) is 56.0. The van der Waals surface area contributed by atoms with Crippen molar-refractivity contribution in [2.45, 2.75) is 127 Å². The van der Waals surface area contributed by atoms with Crippen LogP contribution in [0, 0.1) is 5.92 Å². The molecule has 0 saturated heterocycles. The zero-order valence-corrected chi connectivity index (χ0v) is 37.5. The predicted molar refractivity (Wildman–Crippen MR) is 229 cm³/mol. The van der Waals surface area contributed by atoms with Gasteiger partial charge in [0.25, 0.3) is 5.91 Å². The van der Waals surface area contributed by atoms with Crippen molar-refractivity contribution in [2.24, 2.45) is 11.7 Å². The number of fused-ring (bicyclic) bond motifs is 3. The zero-order chi connectivity index (χ0) is 47.0. The number of nitrogens with one attached hydrogen (secondary N) is 5. The van der Waals surface area contributed by atoms with E-state index in [0.717, 1.165) is 25.1 Å². The van der Waals surface area contributed by atoms with Gasteiger partial charge >= 0.3 is 5.97 Å². The summed E-state index contributed by atoms with van der Waals surface area (Å²) in [6, 6.07) is 3.47. The van der Waals surface area contributed by atoms with Gasteiger partial charge in [0.2, 0.25) is 29.5 Å². The number of aliphatic hydroxyl groups is 3. The Balaban J connectivity index is 1.98. The van der Waals surface area contributed by atoms with Gasteiger partial charge in [0.15, 0.2) is 26.8 Å². The van der Waals surface area contributed by atoms with Crippen molar-refractivity contribution >= 4 is 55.4 Å². The molecule has 9 atom stereocenters. The minimum atomic E-state index is -3.02. The molecule has 2 aromatic rings. The van der Waals surface area contributed by atoms with Crippen molar-refractivity contribution in [2.75, 3.05) is 19.2 Å². The molecule has 0 radical (unpaired) electrons. The average Bonchev–Trinajstić information content (AvgIpc) is 3.52. The molecular weight excluding hydrogens is 841 g/mol. The highest BCUT2D eigenvalue weighted by molar-refractivity contribution is 6.73. The van der Waals surface area contributed by atoms with Crippen molar-refractivity contribution in [1.29, 1.82) is 0 Å². The highest BCUT2D eigenvalue weighted by atomic mass is 28.4. The van der Waals surface area contributed by atoms with E-state index in [1.807, 2.05) is 39.9 Å². The van der Waals surface area contributed by atoms with Gasteiger partial charge in [-0.1, -0.05) is 65.3 Å². The Kier molecular flexibility index (Phi) is 17.0. The molecule has 0 saturated carbocycles. The summed E-state index contributed by atoms with van der Waals surface area (Å²) in [6.07, 6.45) is -5.86. The Bertz CT molecular complexity index is 2040. The summed E-state index contributed by atoms with van der Waals surface area (Å²) < 4.78 is 17.7. The van der Waals surface area contributed by atoms with E-state index < -0.39 is 104 Å². The van der Waals surface area contributed by atoms with Crippen LogP contribution in [0.15, 0.2) is 36.4 Å².